The third-order valence-electron chi connectivity index (χ3n) is 2.57. The molecule has 4 nitrogen and oxygen atoms in total. The Morgan fingerprint density at radius 3 is 2.47 bits per heavy atom. The second-order valence-corrected chi connectivity index (χ2v) is 4.95. The van der Waals surface area contributed by atoms with Gasteiger partial charge in [0.05, 0.1) is 17.2 Å². The number of aliphatic hydroxyl groups is 1. The van der Waals surface area contributed by atoms with E-state index in [-0.39, 0.29) is 12.2 Å². The molecule has 0 saturated carbocycles. The highest BCUT2D eigenvalue weighted by molar-refractivity contribution is 7.98. The van der Waals surface area contributed by atoms with Crippen LogP contribution in [-0.2, 0) is 12.4 Å². The number of carboxylic acid groups (broad SMARTS) is 1. The van der Waals surface area contributed by atoms with Crippen molar-refractivity contribution in [2.75, 3.05) is 0 Å². The first-order chi connectivity index (χ1) is 9.19. The lowest BCUT2D eigenvalue weighted by atomic mass is 10.2. The number of thioether (sulfide) groups is 1. The highest BCUT2D eigenvalue weighted by Crippen LogP contribution is 2.21. The van der Waals surface area contributed by atoms with Gasteiger partial charge >= 0.3 is 5.97 Å². The number of aliphatic hydroxyl groups excluding tert-OH is 1. The molecule has 0 saturated heterocycles. The van der Waals surface area contributed by atoms with E-state index < -0.39 is 5.97 Å². The molecule has 1 heterocycles. The molecule has 0 fully saturated rings. The van der Waals surface area contributed by atoms with Gasteiger partial charge in [-0.2, -0.15) is 0 Å². The van der Waals surface area contributed by atoms with Crippen LogP contribution in [0.25, 0.3) is 0 Å². The van der Waals surface area contributed by atoms with Crippen LogP contribution in [0.5, 0.6) is 0 Å². The summed E-state index contributed by atoms with van der Waals surface area (Å²) in [6, 6.07) is 10.7. The van der Waals surface area contributed by atoms with Gasteiger partial charge in [0.1, 0.15) is 0 Å². The first-order valence-electron chi connectivity index (χ1n) is 5.70. The number of hydrogen-bond acceptors (Lipinski definition) is 4. The molecule has 5 heteroatoms. The van der Waals surface area contributed by atoms with Crippen LogP contribution in [0.3, 0.4) is 0 Å². The Labute approximate surface area is 115 Å². The summed E-state index contributed by atoms with van der Waals surface area (Å²) in [5, 5.41) is 18.5. The van der Waals surface area contributed by atoms with E-state index in [4.69, 9.17) is 10.2 Å². The number of carboxylic acids is 1. The largest absolute Gasteiger partial charge is 0.478 e. The molecule has 1 aromatic carbocycles. The van der Waals surface area contributed by atoms with Crippen LogP contribution in [0, 0.1) is 0 Å². The van der Waals surface area contributed by atoms with Gasteiger partial charge in [-0.3, -0.25) is 0 Å². The van der Waals surface area contributed by atoms with E-state index in [1.165, 1.54) is 24.0 Å². The number of pyridine rings is 1. The molecule has 0 atom stereocenters. The lowest BCUT2D eigenvalue weighted by molar-refractivity contribution is 0.0696. The number of carbonyl (C=O) groups is 1. The summed E-state index contributed by atoms with van der Waals surface area (Å²) in [6.45, 7) is 0.0373. The van der Waals surface area contributed by atoms with Crippen molar-refractivity contribution >= 4 is 17.7 Å². The van der Waals surface area contributed by atoms with Crippen molar-refractivity contribution in [3.8, 4) is 0 Å². The van der Waals surface area contributed by atoms with Crippen molar-refractivity contribution in [3.05, 3.63) is 59.3 Å². The topological polar surface area (TPSA) is 70.4 Å². The number of hydrogen-bond donors (Lipinski definition) is 2. The smallest absolute Gasteiger partial charge is 0.335 e. The second-order valence-electron chi connectivity index (χ2n) is 3.95. The minimum Gasteiger partial charge on any atom is -0.478 e. The van der Waals surface area contributed by atoms with Crippen LogP contribution < -0.4 is 0 Å². The van der Waals surface area contributed by atoms with Crippen molar-refractivity contribution < 1.29 is 15.0 Å². The third-order valence-corrected chi connectivity index (χ3v) is 3.57. The van der Waals surface area contributed by atoms with Gasteiger partial charge in [-0.05, 0) is 23.3 Å². The monoisotopic (exact) mass is 275 g/mol. The molecule has 1 aromatic heterocycles. The Morgan fingerprint density at radius 2 is 1.84 bits per heavy atom. The van der Waals surface area contributed by atoms with Gasteiger partial charge in [0.25, 0.3) is 0 Å². The average Bonchev–Trinajstić information content (AvgIpc) is 2.46. The van der Waals surface area contributed by atoms with Crippen LogP contribution in [0.15, 0.2) is 47.6 Å². The fraction of sp³-hybridized carbons (Fsp3) is 0.143. The molecule has 0 aliphatic carbocycles. The Kier molecular flexibility index (Phi) is 4.54. The van der Waals surface area contributed by atoms with Gasteiger partial charge in [-0.1, -0.05) is 24.3 Å². The van der Waals surface area contributed by atoms with E-state index in [0.29, 0.717) is 10.8 Å². The number of benzene rings is 1. The van der Waals surface area contributed by atoms with E-state index in [1.807, 2.05) is 24.3 Å². The Balaban J connectivity index is 2.01. The van der Waals surface area contributed by atoms with E-state index in [0.717, 1.165) is 11.1 Å². The molecule has 0 unspecified atom stereocenters. The summed E-state index contributed by atoms with van der Waals surface area (Å²) in [7, 11) is 0. The minimum atomic E-state index is -0.948. The predicted octanol–water partition coefficient (Wildman–Crippen LogP) is 2.56. The maximum atomic E-state index is 10.8. The Hall–Kier alpha value is -1.85. The number of aromatic nitrogens is 1. The quantitative estimate of drug-likeness (QED) is 0.821. The first kappa shape index (κ1) is 13.6. The van der Waals surface area contributed by atoms with Crippen molar-refractivity contribution in [1.29, 1.82) is 0 Å². The molecule has 98 valence electrons. The molecule has 0 aliphatic rings. The van der Waals surface area contributed by atoms with Gasteiger partial charge < -0.3 is 10.2 Å². The molecule has 2 N–H and O–H groups in total. The summed E-state index contributed by atoms with van der Waals surface area (Å²) in [5.41, 5.74) is 2.22. The molecule has 0 bridgehead atoms. The SMILES string of the molecule is O=C(O)c1ccnc(SCc2ccc(CO)cc2)c1. The average molecular weight is 275 g/mol. The normalized spacial score (nSPS) is 10.4. The fourth-order valence-corrected chi connectivity index (χ4v) is 2.37. The summed E-state index contributed by atoms with van der Waals surface area (Å²) < 4.78 is 0. The van der Waals surface area contributed by atoms with Gasteiger partial charge in [-0.25, -0.2) is 9.78 Å². The summed E-state index contributed by atoms with van der Waals surface area (Å²) in [4.78, 5) is 15.0. The zero-order chi connectivity index (χ0) is 13.7. The molecule has 2 aromatic rings. The molecule has 2 rings (SSSR count). The highest BCUT2D eigenvalue weighted by atomic mass is 32.2. The van der Waals surface area contributed by atoms with Crippen LogP contribution in [-0.4, -0.2) is 21.2 Å². The van der Waals surface area contributed by atoms with Crippen molar-refractivity contribution in [2.24, 2.45) is 0 Å². The van der Waals surface area contributed by atoms with Crippen LogP contribution in [0.4, 0.5) is 0 Å². The van der Waals surface area contributed by atoms with Gasteiger partial charge in [-0.15, -0.1) is 11.8 Å². The maximum Gasteiger partial charge on any atom is 0.335 e. The summed E-state index contributed by atoms with van der Waals surface area (Å²) in [6.07, 6.45) is 1.50. The lowest BCUT2D eigenvalue weighted by Gasteiger charge is -2.03. The maximum absolute atomic E-state index is 10.8. The zero-order valence-electron chi connectivity index (χ0n) is 10.1. The van der Waals surface area contributed by atoms with Gasteiger partial charge in [0, 0.05) is 11.9 Å². The Bertz CT molecular complexity index is 569. The van der Waals surface area contributed by atoms with Crippen LogP contribution >= 0.6 is 11.8 Å². The van der Waals surface area contributed by atoms with E-state index in [9.17, 15) is 4.79 Å². The van der Waals surface area contributed by atoms with Crippen LogP contribution in [0.2, 0.25) is 0 Å². The van der Waals surface area contributed by atoms with E-state index in [1.54, 1.807) is 6.07 Å². The van der Waals surface area contributed by atoms with Crippen molar-refractivity contribution in [2.45, 2.75) is 17.4 Å². The molecule has 0 aliphatic heterocycles. The molecule has 0 radical (unpaired) electrons. The third kappa shape index (κ3) is 3.81. The summed E-state index contributed by atoms with van der Waals surface area (Å²) >= 11 is 1.48. The first-order valence-corrected chi connectivity index (χ1v) is 6.68. The standard InChI is InChI=1S/C14H13NO3S/c16-8-10-1-3-11(4-2-10)9-19-13-7-12(14(17)18)5-6-15-13/h1-7,16H,8-9H2,(H,17,18). The molecule has 0 amide bonds. The highest BCUT2D eigenvalue weighted by Gasteiger charge is 2.05. The Morgan fingerprint density at radius 1 is 1.16 bits per heavy atom. The molecule has 19 heavy (non-hydrogen) atoms. The predicted molar refractivity (Wildman–Crippen MR) is 73.1 cm³/mol. The summed E-state index contributed by atoms with van der Waals surface area (Å²) in [5.74, 6) is -0.238. The fourth-order valence-electron chi connectivity index (χ4n) is 1.52. The number of aromatic carboxylic acids is 1. The van der Waals surface area contributed by atoms with Gasteiger partial charge in [0.15, 0.2) is 0 Å². The number of rotatable bonds is 5. The van der Waals surface area contributed by atoms with E-state index >= 15 is 0 Å². The lowest BCUT2D eigenvalue weighted by Crippen LogP contribution is -1.96. The zero-order valence-corrected chi connectivity index (χ0v) is 10.9. The molecule has 0 spiro atoms. The van der Waals surface area contributed by atoms with Crippen LogP contribution in [0.1, 0.15) is 21.5 Å². The van der Waals surface area contributed by atoms with Crippen molar-refractivity contribution in [1.82, 2.24) is 4.98 Å². The van der Waals surface area contributed by atoms with E-state index in [2.05, 4.69) is 4.98 Å². The number of nitrogens with zero attached hydrogens (tertiary/aromatic N) is 1. The van der Waals surface area contributed by atoms with Gasteiger partial charge in [0.2, 0.25) is 0 Å². The van der Waals surface area contributed by atoms with Crippen molar-refractivity contribution in [3.63, 3.8) is 0 Å². The molecular formula is C14H13NO3S. The second kappa shape index (κ2) is 6.36. The minimum absolute atomic E-state index is 0.0373. The molecular weight excluding hydrogens is 262 g/mol.